The van der Waals surface area contributed by atoms with Gasteiger partial charge < -0.3 is 9.67 Å². The molecular formula is C15H12N2O4. The van der Waals surface area contributed by atoms with Crippen molar-refractivity contribution in [1.29, 1.82) is 0 Å². The number of benzene rings is 1. The van der Waals surface area contributed by atoms with E-state index in [4.69, 9.17) is 5.11 Å². The standard InChI is InChI=1S/C15H12N2O4/c1-7-5-11(15(20)21)8(2)17(7)9-3-4-10-12(6-9)14(19)16-13(10)18/h3-6H,1-2H3,(H,20,21)(H,16,18,19). The highest BCUT2D eigenvalue weighted by atomic mass is 16.4. The normalized spacial score (nSPS) is 13.2. The van der Waals surface area contributed by atoms with Gasteiger partial charge >= 0.3 is 5.97 Å². The molecule has 6 nitrogen and oxygen atoms in total. The second-order valence-electron chi connectivity index (χ2n) is 4.94. The number of aromatic carboxylic acids is 1. The molecule has 0 spiro atoms. The van der Waals surface area contributed by atoms with Crippen molar-refractivity contribution < 1.29 is 19.5 Å². The molecule has 2 N–H and O–H groups in total. The van der Waals surface area contributed by atoms with Crippen molar-refractivity contribution in [3.8, 4) is 5.69 Å². The quantitative estimate of drug-likeness (QED) is 0.821. The lowest BCUT2D eigenvalue weighted by molar-refractivity contribution is 0.0695. The average Bonchev–Trinajstić information content (AvgIpc) is 2.87. The van der Waals surface area contributed by atoms with Crippen LogP contribution in [0.4, 0.5) is 0 Å². The molecular weight excluding hydrogens is 272 g/mol. The molecule has 0 saturated carbocycles. The second-order valence-corrected chi connectivity index (χ2v) is 4.94. The van der Waals surface area contributed by atoms with Gasteiger partial charge in [0.2, 0.25) is 0 Å². The summed E-state index contributed by atoms with van der Waals surface area (Å²) in [6.45, 7) is 3.49. The minimum absolute atomic E-state index is 0.216. The van der Waals surface area contributed by atoms with Gasteiger partial charge in [-0.3, -0.25) is 14.9 Å². The Labute approximate surface area is 120 Å². The fourth-order valence-corrected chi connectivity index (χ4v) is 2.67. The smallest absolute Gasteiger partial charge is 0.337 e. The molecule has 2 aromatic rings. The number of aromatic nitrogens is 1. The fraction of sp³-hybridized carbons (Fsp3) is 0.133. The van der Waals surface area contributed by atoms with Crippen LogP contribution in [-0.4, -0.2) is 27.5 Å². The van der Waals surface area contributed by atoms with Gasteiger partial charge in [0, 0.05) is 17.1 Å². The van der Waals surface area contributed by atoms with Crippen LogP contribution in [0, 0.1) is 13.8 Å². The maximum absolute atomic E-state index is 11.7. The molecule has 0 aliphatic carbocycles. The Bertz CT molecular complexity index is 817. The minimum Gasteiger partial charge on any atom is -0.478 e. The lowest BCUT2D eigenvalue weighted by Gasteiger charge is -2.10. The Morgan fingerprint density at radius 2 is 1.76 bits per heavy atom. The molecule has 0 unspecified atom stereocenters. The van der Waals surface area contributed by atoms with Gasteiger partial charge in [-0.15, -0.1) is 0 Å². The van der Waals surface area contributed by atoms with Gasteiger partial charge in [-0.25, -0.2) is 4.79 Å². The highest BCUT2D eigenvalue weighted by Crippen LogP contribution is 2.24. The highest BCUT2D eigenvalue weighted by Gasteiger charge is 2.27. The van der Waals surface area contributed by atoms with Crippen LogP contribution in [0.2, 0.25) is 0 Å². The summed E-state index contributed by atoms with van der Waals surface area (Å²) in [6.07, 6.45) is 0. The van der Waals surface area contributed by atoms with Crippen LogP contribution in [0.25, 0.3) is 5.69 Å². The van der Waals surface area contributed by atoms with Crippen molar-refractivity contribution in [3.63, 3.8) is 0 Å². The monoisotopic (exact) mass is 284 g/mol. The maximum atomic E-state index is 11.7. The largest absolute Gasteiger partial charge is 0.478 e. The van der Waals surface area contributed by atoms with Crippen LogP contribution in [0.5, 0.6) is 0 Å². The summed E-state index contributed by atoms with van der Waals surface area (Å²) in [5.41, 5.74) is 2.83. The second kappa shape index (κ2) is 4.31. The zero-order chi connectivity index (χ0) is 15.3. The van der Waals surface area contributed by atoms with Gasteiger partial charge in [-0.05, 0) is 38.1 Å². The number of aryl methyl sites for hydroxylation is 1. The van der Waals surface area contributed by atoms with E-state index >= 15 is 0 Å². The SMILES string of the molecule is Cc1cc(C(=O)O)c(C)n1-c1ccc2c(c1)C(=O)NC2=O. The molecule has 1 aromatic carbocycles. The van der Waals surface area contributed by atoms with Crippen molar-refractivity contribution in [2.45, 2.75) is 13.8 Å². The molecule has 1 aliphatic heterocycles. The number of carbonyl (C=O) groups is 3. The van der Waals surface area contributed by atoms with Crippen LogP contribution in [0.15, 0.2) is 24.3 Å². The predicted molar refractivity (Wildman–Crippen MR) is 74.0 cm³/mol. The molecule has 1 aliphatic rings. The summed E-state index contributed by atoms with van der Waals surface area (Å²) < 4.78 is 1.75. The molecule has 0 bridgehead atoms. The fourth-order valence-electron chi connectivity index (χ4n) is 2.67. The number of carboxylic acid groups (broad SMARTS) is 1. The van der Waals surface area contributed by atoms with E-state index in [0.717, 1.165) is 5.69 Å². The van der Waals surface area contributed by atoms with E-state index in [1.165, 1.54) is 0 Å². The number of imide groups is 1. The number of nitrogens with one attached hydrogen (secondary N) is 1. The van der Waals surface area contributed by atoms with Crippen molar-refractivity contribution in [1.82, 2.24) is 9.88 Å². The lowest BCUT2D eigenvalue weighted by atomic mass is 10.1. The molecule has 6 heteroatoms. The van der Waals surface area contributed by atoms with Gasteiger partial charge in [0.25, 0.3) is 11.8 Å². The molecule has 2 amide bonds. The molecule has 106 valence electrons. The van der Waals surface area contributed by atoms with E-state index in [0.29, 0.717) is 22.5 Å². The van der Waals surface area contributed by atoms with Crippen molar-refractivity contribution >= 4 is 17.8 Å². The first kappa shape index (κ1) is 13.1. The lowest BCUT2D eigenvalue weighted by Crippen LogP contribution is -2.19. The molecule has 1 aromatic heterocycles. The Morgan fingerprint density at radius 3 is 2.38 bits per heavy atom. The number of fused-ring (bicyclic) bond motifs is 1. The van der Waals surface area contributed by atoms with E-state index in [1.807, 2.05) is 0 Å². The van der Waals surface area contributed by atoms with Crippen molar-refractivity contribution in [3.05, 3.63) is 52.3 Å². The summed E-state index contributed by atoms with van der Waals surface area (Å²) in [4.78, 5) is 34.4. The van der Waals surface area contributed by atoms with Crippen molar-refractivity contribution in [2.24, 2.45) is 0 Å². The number of hydrogen-bond acceptors (Lipinski definition) is 3. The summed E-state index contributed by atoms with van der Waals surface area (Å²) >= 11 is 0. The molecule has 21 heavy (non-hydrogen) atoms. The maximum Gasteiger partial charge on any atom is 0.337 e. The molecule has 0 fully saturated rings. The molecule has 3 rings (SSSR count). The molecule has 2 heterocycles. The Morgan fingerprint density at radius 1 is 1.10 bits per heavy atom. The first-order valence-electron chi connectivity index (χ1n) is 6.32. The van der Waals surface area contributed by atoms with Crippen LogP contribution < -0.4 is 5.32 Å². The third-order valence-corrected chi connectivity index (χ3v) is 3.64. The van der Waals surface area contributed by atoms with Crippen LogP contribution >= 0.6 is 0 Å². The Balaban J connectivity index is 2.19. The van der Waals surface area contributed by atoms with Crippen molar-refractivity contribution in [2.75, 3.05) is 0 Å². The Hall–Kier alpha value is -2.89. The number of amides is 2. The topological polar surface area (TPSA) is 88.4 Å². The van der Waals surface area contributed by atoms with Gasteiger partial charge in [0.15, 0.2) is 0 Å². The third-order valence-electron chi connectivity index (χ3n) is 3.64. The van der Waals surface area contributed by atoms with E-state index in [-0.39, 0.29) is 5.56 Å². The predicted octanol–water partition coefficient (Wildman–Crippen LogP) is 1.68. The van der Waals surface area contributed by atoms with Crippen LogP contribution in [0.1, 0.15) is 42.5 Å². The van der Waals surface area contributed by atoms with Gasteiger partial charge in [0.1, 0.15) is 0 Å². The average molecular weight is 284 g/mol. The Kier molecular flexibility index (Phi) is 2.69. The number of rotatable bonds is 2. The number of nitrogens with zero attached hydrogens (tertiary/aromatic N) is 1. The molecule has 0 saturated heterocycles. The zero-order valence-corrected chi connectivity index (χ0v) is 11.4. The van der Waals surface area contributed by atoms with Crippen LogP contribution in [-0.2, 0) is 0 Å². The number of hydrogen-bond donors (Lipinski definition) is 2. The first-order valence-corrected chi connectivity index (χ1v) is 6.32. The first-order chi connectivity index (χ1) is 9.90. The number of carboxylic acids is 1. The van der Waals surface area contributed by atoms with E-state index in [9.17, 15) is 14.4 Å². The van der Waals surface area contributed by atoms with Gasteiger partial charge in [-0.1, -0.05) is 0 Å². The summed E-state index contributed by atoms with van der Waals surface area (Å²) in [5.74, 6) is -1.84. The zero-order valence-electron chi connectivity index (χ0n) is 11.4. The van der Waals surface area contributed by atoms with E-state index < -0.39 is 17.8 Å². The molecule has 0 atom stereocenters. The van der Waals surface area contributed by atoms with Crippen LogP contribution in [0.3, 0.4) is 0 Å². The van der Waals surface area contributed by atoms with E-state index in [2.05, 4.69) is 5.32 Å². The van der Waals surface area contributed by atoms with E-state index in [1.54, 1.807) is 42.7 Å². The summed E-state index contributed by atoms with van der Waals surface area (Å²) in [6, 6.07) is 6.45. The summed E-state index contributed by atoms with van der Waals surface area (Å²) in [7, 11) is 0. The number of carbonyl (C=O) groups excluding carboxylic acids is 2. The minimum atomic E-state index is -0.997. The molecule has 0 radical (unpaired) electrons. The van der Waals surface area contributed by atoms with Gasteiger partial charge in [0.05, 0.1) is 16.7 Å². The highest BCUT2D eigenvalue weighted by molar-refractivity contribution is 6.21. The summed E-state index contributed by atoms with van der Waals surface area (Å²) in [5, 5.41) is 11.4. The van der Waals surface area contributed by atoms with Gasteiger partial charge in [-0.2, -0.15) is 0 Å². The third kappa shape index (κ3) is 1.84.